The van der Waals surface area contributed by atoms with Crippen molar-refractivity contribution in [1.29, 1.82) is 0 Å². The molecule has 0 aromatic heterocycles. The molecule has 3 rings (SSSR count). The molecular weight excluding hydrogens is 426 g/mol. The molecule has 6 nitrogen and oxygen atoms in total. The lowest BCUT2D eigenvalue weighted by molar-refractivity contribution is -0.137. The van der Waals surface area contributed by atoms with E-state index in [1.54, 1.807) is 0 Å². The second-order valence-electron chi connectivity index (χ2n) is 5.50. The number of carbonyl (C=O) groups excluding carboxylic acids is 2. The molecule has 0 unspecified atom stereocenters. The van der Waals surface area contributed by atoms with Crippen LogP contribution < -0.4 is 14.8 Å². The maximum absolute atomic E-state index is 13.0. The fraction of sp³-hybridized carbons (Fsp3) is 0.176. The van der Waals surface area contributed by atoms with Crippen molar-refractivity contribution in [1.82, 2.24) is 0 Å². The highest BCUT2D eigenvalue weighted by molar-refractivity contribution is 6.32. The number of anilines is 1. The van der Waals surface area contributed by atoms with Crippen LogP contribution in [0.2, 0.25) is 10.0 Å². The number of benzene rings is 2. The highest BCUT2D eigenvalue weighted by atomic mass is 35.5. The van der Waals surface area contributed by atoms with Gasteiger partial charge in [0.1, 0.15) is 0 Å². The Morgan fingerprint density at radius 1 is 1.14 bits per heavy atom. The molecule has 2 aromatic rings. The summed E-state index contributed by atoms with van der Waals surface area (Å²) in [5.74, 6) is -1.37. The number of carbonyl (C=O) groups is 2. The molecule has 0 radical (unpaired) electrons. The quantitative estimate of drug-likeness (QED) is 0.713. The molecule has 0 spiro atoms. The van der Waals surface area contributed by atoms with Crippen LogP contribution in [0.3, 0.4) is 0 Å². The fourth-order valence-corrected chi connectivity index (χ4v) is 2.78. The molecule has 0 saturated heterocycles. The second kappa shape index (κ2) is 7.76. The Kier molecular flexibility index (Phi) is 5.57. The van der Waals surface area contributed by atoms with Crippen LogP contribution in [-0.4, -0.2) is 25.3 Å². The Morgan fingerprint density at radius 2 is 1.89 bits per heavy atom. The van der Waals surface area contributed by atoms with Crippen molar-refractivity contribution in [2.75, 3.05) is 18.7 Å². The highest BCUT2D eigenvalue weighted by Gasteiger charge is 2.34. The number of esters is 1. The number of fused-ring (bicyclic) bond motifs is 1. The van der Waals surface area contributed by atoms with Crippen LogP contribution in [0.15, 0.2) is 30.3 Å². The molecule has 0 saturated carbocycles. The Bertz CT molecular complexity index is 949. The van der Waals surface area contributed by atoms with E-state index in [9.17, 15) is 22.8 Å². The van der Waals surface area contributed by atoms with Crippen molar-refractivity contribution >= 4 is 40.8 Å². The van der Waals surface area contributed by atoms with Crippen molar-refractivity contribution in [3.8, 4) is 11.5 Å². The van der Waals surface area contributed by atoms with Crippen LogP contribution in [0.1, 0.15) is 15.9 Å². The van der Waals surface area contributed by atoms with E-state index in [-0.39, 0.29) is 33.9 Å². The number of halogens is 5. The van der Waals surface area contributed by atoms with Gasteiger partial charge in [-0.15, -0.1) is 0 Å². The molecule has 1 aliphatic heterocycles. The lowest BCUT2D eigenvalue weighted by Crippen LogP contribution is -2.22. The zero-order valence-corrected chi connectivity index (χ0v) is 15.2. The van der Waals surface area contributed by atoms with Crippen molar-refractivity contribution in [2.45, 2.75) is 6.18 Å². The third-order valence-corrected chi connectivity index (χ3v) is 4.07. The fourth-order valence-electron chi connectivity index (χ4n) is 2.35. The van der Waals surface area contributed by atoms with Gasteiger partial charge in [-0.3, -0.25) is 4.79 Å². The minimum absolute atomic E-state index is 0.00970. The van der Waals surface area contributed by atoms with E-state index in [0.29, 0.717) is 6.07 Å². The van der Waals surface area contributed by atoms with Crippen LogP contribution in [0.5, 0.6) is 11.5 Å². The van der Waals surface area contributed by atoms with E-state index in [0.717, 1.165) is 6.07 Å². The molecule has 11 heteroatoms. The Labute approximate surface area is 166 Å². The van der Waals surface area contributed by atoms with Gasteiger partial charge in [0, 0.05) is 5.02 Å². The summed E-state index contributed by atoms with van der Waals surface area (Å²) in [7, 11) is 0. The third-order valence-electron chi connectivity index (χ3n) is 3.56. The molecule has 1 heterocycles. The number of ether oxygens (including phenoxy) is 3. The maximum Gasteiger partial charge on any atom is 0.418 e. The van der Waals surface area contributed by atoms with Gasteiger partial charge in [-0.25, -0.2) is 4.79 Å². The molecule has 0 bridgehead atoms. The molecule has 0 fully saturated rings. The average Bonchev–Trinajstić information content (AvgIpc) is 3.09. The van der Waals surface area contributed by atoms with E-state index < -0.39 is 35.9 Å². The summed E-state index contributed by atoms with van der Waals surface area (Å²) in [5.41, 5.74) is -1.64. The van der Waals surface area contributed by atoms with Gasteiger partial charge in [0.05, 0.1) is 21.8 Å². The Hall–Kier alpha value is -2.65. The lowest BCUT2D eigenvalue weighted by atomic mass is 10.1. The molecule has 1 aliphatic rings. The third kappa shape index (κ3) is 4.42. The zero-order chi connectivity index (χ0) is 20.5. The van der Waals surface area contributed by atoms with Gasteiger partial charge in [0.15, 0.2) is 18.1 Å². The smallest absolute Gasteiger partial charge is 0.418 e. The lowest BCUT2D eigenvalue weighted by Gasteiger charge is -2.14. The van der Waals surface area contributed by atoms with E-state index in [2.05, 4.69) is 0 Å². The summed E-state index contributed by atoms with van der Waals surface area (Å²) < 4.78 is 54.1. The minimum Gasteiger partial charge on any atom is -0.454 e. The van der Waals surface area contributed by atoms with Gasteiger partial charge in [-0.05, 0) is 30.3 Å². The van der Waals surface area contributed by atoms with Crippen molar-refractivity contribution in [2.24, 2.45) is 0 Å². The first-order chi connectivity index (χ1) is 13.1. The number of nitrogens with one attached hydrogen (secondary N) is 1. The van der Waals surface area contributed by atoms with Gasteiger partial charge in [-0.2, -0.15) is 13.2 Å². The number of hydrogen-bond donors (Lipinski definition) is 1. The first-order valence-corrected chi connectivity index (χ1v) is 8.33. The van der Waals surface area contributed by atoms with Crippen molar-refractivity contribution < 1.29 is 37.0 Å². The van der Waals surface area contributed by atoms with E-state index in [1.807, 2.05) is 5.32 Å². The summed E-state index contributed by atoms with van der Waals surface area (Å²) in [6, 6.07) is 5.44. The topological polar surface area (TPSA) is 73.9 Å². The second-order valence-corrected chi connectivity index (χ2v) is 6.35. The standard InChI is InChI=1S/C17H10Cl2F3NO5/c18-9-1-2-12(10(5-9)17(20,21)22)23-14(24)6-26-16(25)8-3-11(19)15-13(4-8)27-7-28-15/h1-5H,6-7H2,(H,23,24). The summed E-state index contributed by atoms with van der Waals surface area (Å²) in [5, 5.41) is 2.01. The van der Waals surface area contributed by atoms with Gasteiger partial charge < -0.3 is 19.5 Å². The first kappa shape index (κ1) is 20.1. The van der Waals surface area contributed by atoms with Gasteiger partial charge >= 0.3 is 12.1 Å². The SMILES string of the molecule is O=C(COC(=O)c1cc(Cl)c2c(c1)OCO2)Nc1ccc(Cl)cc1C(F)(F)F. The van der Waals surface area contributed by atoms with Crippen molar-refractivity contribution in [3.05, 3.63) is 51.5 Å². The highest BCUT2D eigenvalue weighted by Crippen LogP contribution is 2.40. The Balaban J connectivity index is 1.65. The van der Waals surface area contributed by atoms with Gasteiger partial charge in [0.25, 0.3) is 5.91 Å². The van der Waals surface area contributed by atoms with Crippen LogP contribution in [0.4, 0.5) is 18.9 Å². The molecule has 0 aliphatic carbocycles. The molecule has 2 aromatic carbocycles. The number of hydrogen-bond acceptors (Lipinski definition) is 5. The number of alkyl halides is 3. The predicted octanol–water partition coefficient (Wildman–Crippen LogP) is 4.54. The minimum atomic E-state index is -4.73. The largest absolute Gasteiger partial charge is 0.454 e. The van der Waals surface area contributed by atoms with Gasteiger partial charge in [0.2, 0.25) is 6.79 Å². The molecule has 148 valence electrons. The number of rotatable bonds is 4. The van der Waals surface area contributed by atoms with E-state index in [4.69, 9.17) is 37.4 Å². The van der Waals surface area contributed by atoms with Crippen LogP contribution >= 0.6 is 23.2 Å². The molecule has 0 atom stereocenters. The average molecular weight is 436 g/mol. The summed E-state index contributed by atoms with van der Waals surface area (Å²) >= 11 is 11.5. The monoisotopic (exact) mass is 435 g/mol. The van der Waals surface area contributed by atoms with Crippen molar-refractivity contribution in [3.63, 3.8) is 0 Å². The number of amides is 1. The molecule has 28 heavy (non-hydrogen) atoms. The van der Waals surface area contributed by atoms with Crippen LogP contribution in [-0.2, 0) is 15.7 Å². The van der Waals surface area contributed by atoms with Crippen LogP contribution in [0, 0.1) is 0 Å². The molecular formula is C17H10Cl2F3NO5. The van der Waals surface area contributed by atoms with Gasteiger partial charge in [-0.1, -0.05) is 23.2 Å². The summed E-state index contributed by atoms with van der Waals surface area (Å²) in [6.45, 7) is -0.872. The maximum atomic E-state index is 13.0. The first-order valence-electron chi connectivity index (χ1n) is 7.58. The molecule has 1 N–H and O–H groups in total. The molecule has 1 amide bonds. The Morgan fingerprint density at radius 3 is 2.61 bits per heavy atom. The normalized spacial score (nSPS) is 12.6. The van der Waals surface area contributed by atoms with E-state index >= 15 is 0 Å². The summed E-state index contributed by atoms with van der Waals surface area (Å²) in [4.78, 5) is 24.0. The van der Waals surface area contributed by atoms with E-state index in [1.165, 1.54) is 18.2 Å². The van der Waals surface area contributed by atoms with Crippen LogP contribution in [0.25, 0.3) is 0 Å². The predicted molar refractivity (Wildman–Crippen MR) is 92.9 cm³/mol. The summed E-state index contributed by atoms with van der Waals surface area (Å²) in [6.07, 6.45) is -4.73. The zero-order valence-electron chi connectivity index (χ0n) is 13.7.